The van der Waals surface area contributed by atoms with Crippen molar-refractivity contribution in [3.05, 3.63) is 11.6 Å². The summed E-state index contributed by atoms with van der Waals surface area (Å²) in [5.74, 6) is -1.58. The summed E-state index contributed by atoms with van der Waals surface area (Å²) in [5, 5.41) is 17.4. The first-order valence-corrected chi connectivity index (χ1v) is 8.41. The maximum absolute atomic E-state index is 11.2. The lowest BCUT2D eigenvalue weighted by Crippen LogP contribution is -2.25. The van der Waals surface area contributed by atoms with Crippen molar-refractivity contribution < 1.29 is 19.4 Å². The summed E-state index contributed by atoms with van der Waals surface area (Å²) < 4.78 is 4.74. The van der Waals surface area contributed by atoms with Crippen LogP contribution in [0.2, 0.25) is 0 Å². The first kappa shape index (κ1) is 20.2. The van der Waals surface area contributed by atoms with Crippen molar-refractivity contribution in [2.24, 2.45) is 22.5 Å². The summed E-state index contributed by atoms with van der Waals surface area (Å²) in [6, 6.07) is 1.87. The summed E-state index contributed by atoms with van der Waals surface area (Å²) in [6.45, 7) is 6.47. The molecule has 134 valence electrons. The van der Waals surface area contributed by atoms with Crippen LogP contribution >= 0.6 is 0 Å². The molecule has 0 spiro atoms. The Kier molecular flexibility index (Phi) is 6.97. The van der Waals surface area contributed by atoms with Gasteiger partial charge in [-0.25, -0.2) is 4.79 Å². The number of carboxylic acids is 1. The monoisotopic (exact) mass is 336 g/mol. The van der Waals surface area contributed by atoms with E-state index in [1.54, 1.807) is 13.0 Å². The summed E-state index contributed by atoms with van der Waals surface area (Å²) in [4.78, 5) is 21.7. The van der Waals surface area contributed by atoms with Crippen molar-refractivity contribution in [2.45, 2.75) is 52.9 Å². The number of rotatable bonds is 7. The van der Waals surface area contributed by atoms with Gasteiger partial charge in [0.1, 0.15) is 11.6 Å². The minimum atomic E-state index is -0.749. The van der Waals surface area contributed by atoms with Crippen LogP contribution < -0.4 is 5.73 Å². The predicted octanol–water partition coefficient (Wildman–Crippen LogP) is 2.64. The van der Waals surface area contributed by atoms with Crippen LogP contribution in [0.25, 0.3) is 0 Å². The Hall–Kier alpha value is -1.87. The van der Waals surface area contributed by atoms with E-state index in [2.05, 4.69) is 6.92 Å². The molecule has 3 N–H and O–H groups in total. The van der Waals surface area contributed by atoms with Crippen molar-refractivity contribution in [2.75, 3.05) is 13.2 Å². The van der Waals surface area contributed by atoms with Gasteiger partial charge in [0.25, 0.3) is 0 Å². The molecular formula is C18H28N2O4. The smallest absolute Gasteiger partial charge is 0.348 e. The van der Waals surface area contributed by atoms with Crippen LogP contribution in [-0.4, -0.2) is 30.2 Å². The largest absolute Gasteiger partial charge is 0.481 e. The Morgan fingerprint density at radius 3 is 2.25 bits per heavy atom. The highest BCUT2D eigenvalue weighted by Crippen LogP contribution is 2.49. The highest BCUT2D eigenvalue weighted by molar-refractivity contribution is 5.92. The van der Waals surface area contributed by atoms with Gasteiger partial charge in [-0.2, -0.15) is 5.26 Å². The number of hydrogen-bond acceptors (Lipinski definition) is 5. The maximum atomic E-state index is 11.2. The first-order valence-electron chi connectivity index (χ1n) is 8.41. The normalized spacial score (nSPS) is 20.7. The van der Waals surface area contributed by atoms with Crippen LogP contribution in [0, 0.1) is 28.1 Å². The lowest BCUT2D eigenvalue weighted by molar-refractivity contribution is -0.142. The molecular weight excluding hydrogens is 308 g/mol. The van der Waals surface area contributed by atoms with Gasteiger partial charge in [0.2, 0.25) is 0 Å². The number of allylic oxidation sites excluding steroid dienone is 1. The molecule has 0 aromatic rings. The Balaban J connectivity index is 0.000000243. The van der Waals surface area contributed by atoms with E-state index in [-0.39, 0.29) is 23.5 Å². The second kappa shape index (κ2) is 8.29. The van der Waals surface area contributed by atoms with E-state index >= 15 is 0 Å². The molecule has 0 aliphatic heterocycles. The van der Waals surface area contributed by atoms with E-state index in [0.717, 1.165) is 32.1 Å². The van der Waals surface area contributed by atoms with E-state index in [9.17, 15) is 9.59 Å². The molecule has 6 nitrogen and oxygen atoms in total. The maximum Gasteiger partial charge on any atom is 0.348 e. The van der Waals surface area contributed by atoms with Crippen molar-refractivity contribution in [3.8, 4) is 6.07 Å². The van der Waals surface area contributed by atoms with E-state index in [4.69, 9.17) is 20.8 Å². The second-order valence-electron chi connectivity index (χ2n) is 7.33. The second-order valence-corrected chi connectivity index (χ2v) is 7.33. The van der Waals surface area contributed by atoms with Crippen molar-refractivity contribution in [1.82, 2.24) is 0 Å². The number of nitrogens with zero attached hydrogens (tertiary/aromatic N) is 1. The number of aliphatic carboxylic acids is 1. The number of carbonyl (C=O) groups excluding carboxylic acids is 1. The predicted molar refractivity (Wildman–Crippen MR) is 89.8 cm³/mol. The third-order valence-corrected chi connectivity index (χ3v) is 4.62. The topological polar surface area (TPSA) is 113 Å². The molecule has 0 aromatic heterocycles. The standard InChI is InChI=1S/C10H13NO2.C8H15NO2/c1-3-13-9(12)8(7-11)6-10(2)4-5-10;1-8(2-3-8)4-6(5-9)7(10)11/h6H,3-5H2,1-2H3;6H,2-5,9H2,1H3,(H,10,11). The molecule has 0 saturated heterocycles. The lowest BCUT2D eigenvalue weighted by Gasteiger charge is -2.13. The number of ether oxygens (including phenoxy) is 1. The minimum absolute atomic E-state index is 0.0673. The molecule has 1 atom stereocenters. The highest BCUT2D eigenvalue weighted by atomic mass is 16.5. The Morgan fingerprint density at radius 2 is 1.92 bits per heavy atom. The molecule has 2 aliphatic carbocycles. The van der Waals surface area contributed by atoms with E-state index in [1.165, 1.54) is 0 Å². The summed E-state index contributed by atoms with van der Waals surface area (Å²) in [5.41, 5.74) is 5.83. The number of esters is 1. The number of hydrogen-bond donors (Lipinski definition) is 2. The van der Waals surface area contributed by atoms with Crippen LogP contribution in [0.5, 0.6) is 0 Å². The van der Waals surface area contributed by atoms with Gasteiger partial charge >= 0.3 is 11.9 Å². The third kappa shape index (κ3) is 6.71. The Morgan fingerprint density at radius 1 is 1.33 bits per heavy atom. The molecule has 0 aromatic carbocycles. The molecule has 2 fully saturated rings. The zero-order chi connectivity index (χ0) is 18.4. The van der Waals surface area contributed by atoms with Gasteiger partial charge in [-0.3, -0.25) is 4.79 Å². The molecule has 2 saturated carbocycles. The van der Waals surface area contributed by atoms with Gasteiger partial charge in [-0.15, -0.1) is 0 Å². The van der Waals surface area contributed by atoms with E-state index in [1.807, 2.05) is 13.0 Å². The third-order valence-electron chi connectivity index (χ3n) is 4.62. The lowest BCUT2D eigenvalue weighted by atomic mass is 9.94. The number of carboxylic acid groups (broad SMARTS) is 1. The van der Waals surface area contributed by atoms with Gasteiger partial charge in [0.05, 0.1) is 12.5 Å². The summed E-state index contributed by atoms with van der Waals surface area (Å²) in [7, 11) is 0. The van der Waals surface area contributed by atoms with Gasteiger partial charge in [0, 0.05) is 6.54 Å². The molecule has 0 bridgehead atoms. The summed E-state index contributed by atoms with van der Waals surface area (Å²) in [6.07, 6.45) is 6.91. The fourth-order valence-electron chi connectivity index (χ4n) is 2.32. The zero-order valence-electron chi connectivity index (χ0n) is 14.8. The number of nitriles is 1. The fourth-order valence-corrected chi connectivity index (χ4v) is 2.32. The number of nitrogens with two attached hydrogens (primary N) is 1. The quantitative estimate of drug-likeness (QED) is 0.420. The highest BCUT2D eigenvalue weighted by Gasteiger charge is 2.40. The molecule has 6 heteroatoms. The average molecular weight is 336 g/mol. The van der Waals surface area contributed by atoms with Crippen LogP contribution in [0.15, 0.2) is 11.6 Å². The zero-order valence-corrected chi connectivity index (χ0v) is 14.8. The van der Waals surface area contributed by atoms with Crippen molar-refractivity contribution in [3.63, 3.8) is 0 Å². The molecule has 2 aliphatic rings. The van der Waals surface area contributed by atoms with Crippen LogP contribution in [-0.2, 0) is 14.3 Å². The van der Waals surface area contributed by atoms with Gasteiger partial charge in [-0.05, 0) is 49.9 Å². The molecule has 0 amide bonds. The molecule has 0 radical (unpaired) electrons. The molecule has 2 rings (SSSR count). The fraction of sp³-hybridized carbons (Fsp3) is 0.722. The first-order chi connectivity index (χ1) is 11.2. The Labute approximate surface area is 143 Å². The van der Waals surface area contributed by atoms with Gasteiger partial charge in [0.15, 0.2) is 0 Å². The Bertz CT molecular complexity index is 540. The SMILES string of the molecule is CC1(CC(CN)C(=O)O)CC1.CCOC(=O)C(C#N)=CC1(C)CC1. The van der Waals surface area contributed by atoms with E-state index in [0.29, 0.717) is 12.0 Å². The van der Waals surface area contributed by atoms with Crippen molar-refractivity contribution in [1.29, 1.82) is 5.26 Å². The van der Waals surface area contributed by atoms with Gasteiger partial charge in [-0.1, -0.05) is 19.9 Å². The van der Waals surface area contributed by atoms with Crippen LogP contribution in [0.4, 0.5) is 0 Å². The molecule has 0 heterocycles. The van der Waals surface area contributed by atoms with Gasteiger partial charge < -0.3 is 15.6 Å². The molecule has 24 heavy (non-hydrogen) atoms. The number of carbonyl (C=O) groups is 2. The van der Waals surface area contributed by atoms with E-state index < -0.39 is 11.9 Å². The molecule has 1 unspecified atom stereocenters. The van der Waals surface area contributed by atoms with Crippen molar-refractivity contribution >= 4 is 11.9 Å². The van der Waals surface area contributed by atoms with Crippen LogP contribution in [0.1, 0.15) is 52.9 Å². The average Bonchev–Trinajstić information content (AvgIpc) is 3.44. The minimum Gasteiger partial charge on any atom is -0.481 e. The van der Waals surface area contributed by atoms with Crippen LogP contribution in [0.3, 0.4) is 0 Å². The summed E-state index contributed by atoms with van der Waals surface area (Å²) >= 11 is 0.